The number of furan rings is 1. The monoisotopic (exact) mass is 336 g/mol. The van der Waals surface area contributed by atoms with E-state index in [9.17, 15) is 13.2 Å². The van der Waals surface area contributed by atoms with E-state index in [1.54, 1.807) is 12.1 Å². The molecule has 1 amide bonds. The molecule has 1 aromatic heterocycles. The van der Waals surface area contributed by atoms with Crippen LogP contribution in [0, 0.1) is 13.8 Å². The summed E-state index contributed by atoms with van der Waals surface area (Å²) in [6, 6.07) is 8.76. The molecule has 1 heterocycles. The molecule has 0 aliphatic heterocycles. The summed E-state index contributed by atoms with van der Waals surface area (Å²) in [5, 5.41) is 2.65. The summed E-state index contributed by atoms with van der Waals surface area (Å²) in [5.74, 6) is -0.175. The summed E-state index contributed by atoms with van der Waals surface area (Å²) in [6.45, 7) is 4.15. The Morgan fingerprint density at radius 2 is 1.87 bits per heavy atom. The largest absolute Gasteiger partial charge is 0.459 e. The second-order valence-corrected chi connectivity index (χ2v) is 7.32. The minimum absolute atomic E-state index is 0.147. The first kappa shape index (κ1) is 17.1. The smallest absolute Gasteiger partial charge is 0.287 e. The van der Waals surface area contributed by atoms with Gasteiger partial charge in [0.2, 0.25) is 10.0 Å². The fraction of sp³-hybridized carbons (Fsp3) is 0.312. The zero-order valence-electron chi connectivity index (χ0n) is 13.4. The van der Waals surface area contributed by atoms with Crippen molar-refractivity contribution in [1.82, 2.24) is 5.32 Å². The average molecular weight is 336 g/mol. The number of anilines is 1. The van der Waals surface area contributed by atoms with Gasteiger partial charge in [-0.2, -0.15) is 0 Å². The molecule has 0 radical (unpaired) electrons. The Kier molecular flexibility index (Phi) is 5.10. The summed E-state index contributed by atoms with van der Waals surface area (Å²) in [4.78, 5) is 11.8. The van der Waals surface area contributed by atoms with Crippen molar-refractivity contribution in [3.8, 4) is 0 Å². The minimum atomic E-state index is -3.44. The first-order valence-electron chi connectivity index (χ1n) is 7.15. The van der Waals surface area contributed by atoms with Crippen LogP contribution in [-0.4, -0.2) is 33.7 Å². The number of hydrogen-bond acceptors (Lipinski definition) is 4. The van der Waals surface area contributed by atoms with E-state index in [2.05, 4.69) is 5.32 Å². The fourth-order valence-corrected chi connectivity index (χ4v) is 3.26. The molecule has 124 valence electrons. The maximum absolute atomic E-state index is 12.1. The molecule has 7 heteroatoms. The van der Waals surface area contributed by atoms with E-state index in [0.717, 1.165) is 17.4 Å². The van der Waals surface area contributed by atoms with E-state index >= 15 is 0 Å². The minimum Gasteiger partial charge on any atom is -0.459 e. The van der Waals surface area contributed by atoms with E-state index in [0.29, 0.717) is 5.69 Å². The van der Waals surface area contributed by atoms with Gasteiger partial charge in [0.1, 0.15) is 0 Å². The molecule has 0 spiro atoms. The highest BCUT2D eigenvalue weighted by Gasteiger charge is 2.18. The van der Waals surface area contributed by atoms with Crippen LogP contribution in [0.4, 0.5) is 5.69 Å². The number of amides is 1. The van der Waals surface area contributed by atoms with Gasteiger partial charge in [0, 0.05) is 6.54 Å². The highest BCUT2D eigenvalue weighted by molar-refractivity contribution is 7.92. The number of aryl methyl sites for hydroxylation is 2. The van der Waals surface area contributed by atoms with Crippen molar-refractivity contribution in [3.05, 3.63) is 53.5 Å². The number of hydrogen-bond donors (Lipinski definition) is 1. The quantitative estimate of drug-likeness (QED) is 0.876. The Morgan fingerprint density at radius 3 is 2.39 bits per heavy atom. The molecular weight excluding hydrogens is 316 g/mol. The number of carbonyl (C=O) groups is 1. The molecule has 0 aliphatic carbocycles. The van der Waals surface area contributed by atoms with Crippen LogP contribution in [0.25, 0.3) is 0 Å². The van der Waals surface area contributed by atoms with Gasteiger partial charge in [0.25, 0.3) is 5.91 Å². The van der Waals surface area contributed by atoms with E-state index < -0.39 is 10.0 Å². The summed E-state index contributed by atoms with van der Waals surface area (Å²) in [6.07, 6.45) is 2.56. The molecule has 1 aromatic carbocycles. The van der Waals surface area contributed by atoms with Crippen LogP contribution in [0.3, 0.4) is 0 Å². The molecule has 2 rings (SSSR count). The predicted molar refractivity (Wildman–Crippen MR) is 89.1 cm³/mol. The van der Waals surface area contributed by atoms with Crippen molar-refractivity contribution in [2.45, 2.75) is 13.8 Å². The van der Waals surface area contributed by atoms with Crippen molar-refractivity contribution in [3.63, 3.8) is 0 Å². The lowest BCUT2D eigenvalue weighted by atomic mass is 10.1. The Morgan fingerprint density at radius 1 is 1.22 bits per heavy atom. The Bertz CT molecular complexity index is 762. The molecule has 0 unspecified atom stereocenters. The topological polar surface area (TPSA) is 79.6 Å². The number of nitrogens with one attached hydrogen (secondary N) is 1. The van der Waals surface area contributed by atoms with Gasteiger partial charge in [-0.25, -0.2) is 8.42 Å². The maximum atomic E-state index is 12.1. The van der Waals surface area contributed by atoms with Gasteiger partial charge in [-0.1, -0.05) is 6.07 Å². The van der Waals surface area contributed by atoms with Gasteiger partial charge in [-0.3, -0.25) is 9.10 Å². The van der Waals surface area contributed by atoms with Crippen LogP contribution in [0.2, 0.25) is 0 Å². The third-order valence-corrected chi connectivity index (χ3v) is 4.43. The first-order chi connectivity index (χ1) is 10.8. The standard InChI is InChI=1S/C16H20N2O4S/c1-12-9-13(2)11-14(10-12)18(23(3,20)21)7-6-17-16(19)15-5-4-8-22-15/h4-5,8-11H,6-7H2,1-3H3,(H,17,19). The zero-order chi connectivity index (χ0) is 17.0. The Hall–Kier alpha value is -2.28. The highest BCUT2D eigenvalue weighted by Crippen LogP contribution is 2.20. The SMILES string of the molecule is Cc1cc(C)cc(N(CCNC(=O)c2ccco2)S(C)(=O)=O)c1. The fourth-order valence-electron chi connectivity index (χ4n) is 2.35. The summed E-state index contributed by atoms with van der Waals surface area (Å²) >= 11 is 0. The Labute approximate surface area is 136 Å². The van der Waals surface area contributed by atoms with Crippen LogP contribution in [-0.2, 0) is 10.0 Å². The molecule has 2 aromatic rings. The predicted octanol–water partition coefficient (Wildman–Crippen LogP) is 2.09. The van der Waals surface area contributed by atoms with Gasteiger partial charge >= 0.3 is 0 Å². The van der Waals surface area contributed by atoms with Crippen LogP contribution >= 0.6 is 0 Å². The Balaban J connectivity index is 2.10. The van der Waals surface area contributed by atoms with E-state index in [1.807, 2.05) is 32.0 Å². The van der Waals surface area contributed by atoms with E-state index in [-0.39, 0.29) is 24.8 Å². The first-order valence-corrected chi connectivity index (χ1v) is 9.00. The van der Waals surface area contributed by atoms with E-state index in [4.69, 9.17) is 4.42 Å². The lowest BCUT2D eigenvalue weighted by Gasteiger charge is -2.23. The highest BCUT2D eigenvalue weighted by atomic mass is 32.2. The average Bonchev–Trinajstić information content (AvgIpc) is 2.94. The van der Waals surface area contributed by atoms with Crippen LogP contribution < -0.4 is 9.62 Å². The van der Waals surface area contributed by atoms with Crippen LogP contribution in [0.15, 0.2) is 41.0 Å². The van der Waals surface area contributed by atoms with Crippen molar-refractivity contribution in [1.29, 1.82) is 0 Å². The van der Waals surface area contributed by atoms with Crippen molar-refractivity contribution in [2.75, 3.05) is 23.7 Å². The number of benzene rings is 1. The van der Waals surface area contributed by atoms with Gasteiger partial charge in [-0.05, 0) is 49.2 Å². The number of nitrogens with zero attached hydrogens (tertiary/aromatic N) is 1. The van der Waals surface area contributed by atoms with Crippen molar-refractivity contribution in [2.24, 2.45) is 0 Å². The number of carbonyl (C=O) groups excluding carboxylic acids is 1. The number of rotatable bonds is 6. The van der Waals surface area contributed by atoms with E-state index in [1.165, 1.54) is 10.6 Å². The van der Waals surface area contributed by atoms with Crippen LogP contribution in [0.1, 0.15) is 21.7 Å². The lowest BCUT2D eigenvalue weighted by molar-refractivity contribution is 0.0927. The molecule has 0 aliphatic rings. The normalized spacial score (nSPS) is 11.3. The molecule has 0 saturated carbocycles. The van der Waals surface area contributed by atoms with Gasteiger partial charge < -0.3 is 9.73 Å². The number of sulfonamides is 1. The van der Waals surface area contributed by atoms with Crippen LogP contribution in [0.5, 0.6) is 0 Å². The summed E-state index contributed by atoms with van der Waals surface area (Å²) in [7, 11) is -3.44. The van der Waals surface area contributed by atoms with Gasteiger partial charge in [0.15, 0.2) is 5.76 Å². The molecule has 0 bridgehead atoms. The van der Waals surface area contributed by atoms with Gasteiger partial charge in [-0.15, -0.1) is 0 Å². The second-order valence-electron chi connectivity index (χ2n) is 5.41. The second kappa shape index (κ2) is 6.87. The van der Waals surface area contributed by atoms with Crippen molar-refractivity contribution < 1.29 is 17.6 Å². The molecule has 23 heavy (non-hydrogen) atoms. The molecule has 0 saturated heterocycles. The van der Waals surface area contributed by atoms with Gasteiger partial charge in [0.05, 0.1) is 24.8 Å². The molecule has 6 nitrogen and oxygen atoms in total. The zero-order valence-corrected chi connectivity index (χ0v) is 14.2. The molecular formula is C16H20N2O4S. The third kappa shape index (κ3) is 4.59. The third-order valence-electron chi connectivity index (χ3n) is 3.24. The molecule has 0 fully saturated rings. The maximum Gasteiger partial charge on any atom is 0.287 e. The lowest BCUT2D eigenvalue weighted by Crippen LogP contribution is -2.38. The molecule has 1 N–H and O–H groups in total. The molecule has 0 atom stereocenters. The summed E-state index contributed by atoms with van der Waals surface area (Å²) < 4.78 is 30.4. The van der Waals surface area contributed by atoms with Crippen molar-refractivity contribution >= 4 is 21.6 Å². The summed E-state index contributed by atoms with van der Waals surface area (Å²) in [5.41, 5.74) is 2.55.